The molecule has 4 aromatic heterocycles. The van der Waals surface area contributed by atoms with Gasteiger partial charge in [-0.3, -0.25) is 9.97 Å². The van der Waals surface area contributed by atoms with Gasteiger partial charge in [0.25, 0.3) is 0 Å². The zero-order valence-electron chi connectivity index (χ0n) is 22.1. The van der Waals surface area contributed by atoms with Crippen molar-refractivity contribution in [1.82, 2.24) is 29.5 Å². The minimum absolute atomic E-state index is 0.0543. The van der Waals surface area contributed by atoms with E-state index >= 15 is 0 Å². The lowest BCUT2D eigenvalue weighted by molar-refractivity contribution is -0.0501. The summed E-state index contributed by atoms with van der Waals surface area (Å²) in [5, 5.41) is 0. The highest BCUT2D eigenvalue weighted by molar-refractivity contribution is 5.81. The molecule has 6 rings (SSSR count). The lowest BCUT2D eigenvalue weighted by Gasteiger charge is -2.41. The molecule has 14 heteroatoms. The highest BCUT2D eigenvalue weighted by Gasteiger charge is 2.35. The number of anilines is 2. The predicted molar refractivity (Wildman–Crippen MR) is 147 cm³/mol. The summed E-state index contributed by atoms with van der Waals surface area (Å²) in [6.45, 7) is -1.64. The number of ether oxygens (including phenoxy) is 1. The van der Waals surface area contributed by atoms with Gasteiger partial charge in [-0.05, 0) is 54.8 Å². The van der Waals surface area contributed by atoms with Gasteiger partial charge in [-0.2, -0.15) is 8.78 Å². The number of halogens is 4. The molecule has 0 bridgehead atoms. The molecule has 1 saturated heterocycles. The number of alkyl halides is 2. The average molecular weight is 580 g/mol. The zero-order chi connectivity index (χ0) is 29.4. The molecule has 5 aromatic rings. The number of rotatable bonds is 7. The van der Waals surface area contributed by atoms with Crippen molar-refractivity contribution in [2.75, 3.05) is 23.7 Å². The Bertz CT molecular complexity index is 1750. The van der Waals surface area contributed by atoms with Gasteiger partial charge in [0, 0.05) is 18.7 Å². The molecule has 10 nitrogen and oxygen atoms in total. The van der Waals surface area contributed by atoms with Crippen LogP contribution in [0.5, 0.6) is 5.75 Å². The first-order valence-electron chi connectivity index (χ1n) is 13.0. The van der Waals surface area contributed by atoms with Crippen molar-refractivity contribution < 1.29 is 22.3 Å². The Balaban J connectivity index is 1.37. The summed E-state index contributed by atoms with van der Waals surface area (Å²) in [5.74, 6) is -1.74. The molecular formula is C28H25F4N9O. The molecule has 0 aliphatic carbocycles. The molecule has 216 valence electrons. The van der Waals surface area contributed by atoms with Gasteiger partial charge in [0.1, 0.15) is 17.6 Å². The van der Waals surface area contributed by atoms with E-state index < -0.39 is 23.8 Å². The van der Waals surface area contributed by atoms with Gasteiger partial charge >= 0.3 is 6.61 Å². The molecule has 0 saturated carbocycles. The van der Waals surface area contributed by atoms with E-state index in [1.54, 1.807) is 24.7 Å². The first-order chi connectivity index (χ1) is 20.2. The van der Waals surface area contributed by atoms with E-state index in [1.807, 2.05) is 4.57 Å². The Hall–Kier alpha value is -4.85. The van der Waals surface area contributed by atoms with Gasteiger partial charge in [0.05, 0.1) is 47.9 Å². The van der Waals surface area contributed by atoms with Crippen LogP contribution in [0.2, 0.25) is 0 Å². The van der Waals surface area contributed by atoms with Crippen molar-refractivity contribution in [3.05, 3.63) is 84.3 Å². The Labute approximate surface area is 237 Å². The maximum absolute atomic E-state index is 14.1. The number of hydrogen-bond donors (Lipinski definition) is 2. The summed E-state index contributed by atoms with van der Waals surface area (Å²) in [5.41, 5.74) is 15.9. The van der Waals surface area contributed by atoms with E-state index in [4.69, 9.17) is 11.5 Å². The molecular weight excluding hydrogens is 554 g/mol. The van der Waals surface area contributed by atoms with Crippen molar-refractivity contribution in [3.8, 4) is 17.0 Å². The van der Waals surface area contributed by atoms with E-state index in [1.165, 1.54) is 24.7 Å². The fourth-order valence-corrected chi connectivity index (χ4v) is 5.26. The van der Waals surface area contributed by atoms with Crippen LogP contribution >= 0.6 is 0 Å². The maximum Gasteiger partial charge on any atom is 0.387 e. The van der Waals surface area contributed by atoms with Crippen LogP contribution in [0.25, 0.3) is 22.4 Å². The fraction of sp³-hybridized carbons (Fsp3) is 0.250. The third-order valence-electron chi connectivity index (χ3n) is 7.29. The van der Waals surface area contributed by atoms with Crippen LogP contribution in [0.1, 0.15) is 24.1 Å². The van der Waals surface area contributed by atoms with Crippen molar-refractivity contribution in [2.24, 2.45) is 5.73 Å². The second-order valence-electron chi connectivity index (χ2n) is 10.1. The Morgan fingerprint density at radius 2 is 1.83 bits per heavy atom. The summed E-state index contributed by atoms with van der Waals surface area (Å²) in [7, 11) is 0. The minimum Gasteiger partial charge on any atom is -0.433 e. The number of nitrogens with two attached hydrogens (primary N) is 2. The van der Waals surface area contributed by atoms with Crippen LogP contribution in [0.3, 0.4) is 0 Å². The fourth-order valence-electron chi connectivity index (χ4n) is 5.26. The van der Waals surface area contributed by atoms with Crippen molar-refractivity contribution in [1.29, 1.82) is 0 Å². The molecule has 0 radical (unpaired) electrons. The number of benzene rings is 1. The SMILES string of the molecule is Nc1ncnc2c1ncn2Cc1cc(-c2ccc(F)c(F)c2)ncc1N1CCC[C@](N)(c2ccc(OC(F)F)cn2)C1. The Kier molecular flexibility index (Phi) is 7.06. The van der Waals surface area contributed by atoms with Crippen LogP contribution < -0.4 is 21.1 Å². The maximum atomic E-state index is 14.1. The second-order valence-corrected chi connectivity index (χ2v) is 10.1. The summed E-state index contributed by atoms with van der Waals surface area (Å²) < 4.78 is 59.1. The van der Waals surface area contributed by atoms with Crippen LogP contribution in [-0.2, 0) is 12.1 Å². The third-order valence-corrected chi connectivity index (χ3v) is 7.29. The molecule has 1 atom stereocenters. The first kappa shape index (κ1) is 27.3. The van der Waals surface area contributed by atoms with Gasteiger partial charge in [-0.15, -0.1) is 0 Å². The number of piperidine rings is 1. The van der Waals surface area contributed by atoms with E-state index in [0.717, 1.165) is 29.8 Å². The molecule has 1 aliphatic heterocycles. The van der Waals surface area contributed by atoms with Gasteiger partial charge in [-0.1, -0.05) is 0 Å². The third kappa shape index (κ3) is 5.28. The molecule has 0 spiro atoms. The Morgan fingerprint density at radius 3 is 2.60 bits per heavy atom. The summed E-state index contributed by atoms with van der Waals surface area (Å²) >= 11 is 0. The smallest absolute Gasteiger partial charge is 0.387 e. The molecule has 42 heavy (non-hydrogen) atoms. The molecule has 1 aliphatic rings. The number of aromatic nitrogens is 6. The van der Waals surface area contributed by atoms with Crippen molar-refractivity contribution in [3.63, 3.8) is 0 Å². The van der Waals surface area contributed by atoms with Gasteiger partial charge in [0.15, 0.2) is 23.1 Å². The zero-order valence-corrected chi connectivity index (χ0v) is 22.1. The number of hydrogen-bond acceptors (Lipinski definition) is 9. The summed E-state index contributed by atoms with van der Waals surface area (Å²) in [6, 6.07) is 8.43. The van der Waals surface area contributed by atoms with Gasteiger partial charge in [0.2, 0.25) is 0 Å². The number of nitrogens with zero attached hydrogens (tertiary/aromatic N) is 7. The lowest BCUT2D eigenvalue weighted by Crippen LogP contribution is -2.52. The van der Waals surface area contributed by atoms with E-state index in [2.05, 4.69) is 34.6 Å². The number of fused-ring (bicyclic) bond motifs is 1. The lowest BCUT2D eigenvalue weighted by atomic mass is 9.86. The topological polar surface area (TPSA) is 134 Å². The highest BCUT2D eigenvalue weighted by Crippen LogP contribution is 2.35. The van der Waals surface area contributed by atoms with Gasteiger partial charge < -0.3 is 25.7 Å². The standard InChI is InChI=1S/C28H25F4N9O/c29-19-4-2-16(8-20(19)30)21-9-17(12-41-15-39-24-25(33)37-14-38-26(24)41)22(11-35-21)40-7-1-6-28(34,13-40)23-5-3-18(10-36-23)42-27(31)32/h2-5,8-11,14-15,27H,1,6-7,12-13,34H2,(H2,33,37,38)/t28-/m1/s1. The van der Waals surface area contributed by atoms with Crippen LogP contribution in [0.15, 0.2) is 61.4 Å². The quantitative estimate of drug-likeness (QED) is 0.272. The van der Waals surface area contributed by atoms with E-state index in [9.17, 15) is 17.6 Å². The molecule has 1 fully saturated rings. The normalized spacial score (nSPS) is 17.2. The number of nitrogen functional groups attached to an aromatic ring is 1. The average Bonchev–Trinajstić information content (AvgIpc) is 3.38. The second kappa shape index (κ2) is 10.9. The van der Waals surface area contributed by atoms with Crippen LogP contribution in [0.4, 0.5) is 29.1 Å². The molecule has 1 aromatic carbocycles. The van der Waals surface area contributed by atoms with Crippen LogP contribution in [-0.4, -0.2) is 49.2 Å². The summed E-state index contributed by atoms with van der Waals surface area (Å²) in [6.07, 6.45) is 7.20. The monoisotopic (exact) mass is 579 g/mol. The molecule has 0 amide bonds. The van der Waals surface area contributed by atoms with Gasteiger partial charge in [-0.25, -0.2) is 23.7 Å². The minimum atomic E-state index is -2.95. The predicted octanol–water partition coefficient (Wildman–Crippen LogP) is 4.25. The van der Waals surface area contributed by atoms with E-state index in [-0.39, 0.29) is 11.6 Å². The molecule has 0 unspecified atom stereocenters. The summed E-state index contributed by atoms with van der Waals surface area (Å²) in [4.78, 5) is 23.7. The van der Waals surface area contributed by atoms with E-state index in [0.29, 0.717) is 54.2 Å². The highest BCUT2D eigenvalue weighted by atomic mass is 19.3. The number of pyridine rings is 2. The Morgan fingerprint density at radius 1 is 0.976 bits per heavy atom. The molecule has 4 N–H and O–H groups in total. The number of imidazole rings is 1. The van der Waals surface area contributed by atoms with Crippen molar-refractivity contribution in [2.45, 2.75) is 31.5 Å². The van der Waals surface area contributed by atoms with Crippen molar-refractivity contribution >= 4 is 22.7 Å². The first-order valence-corrected chi connectivity index (χ1v) is 13.0. The van der Waals surface area contributed by atoms with Crippen LogP contribution in [0, 0.1) is 11.6 Å². The largest absolute Gasteiger partial charge is 0.433 e. The molecule has 5 heterocycles.